The minimum atomic E-state index is -0.360. The highest BCUT2D eigenvalue weighted by Gasteiger charge is 2.40. The molecule has 162 valence electrons. The third-order valence-electron chi connectivity index (χ3n) is 5.34. The molecule has 1 aliphatic rings. The fourth-order valence-electron chi connectivity index (χ4n) is 3.54. The van der Waals surface area contributed by atoms with Crippen LogP contribution in [0.3, 0.4) is 0 Å². The molecule has 0 atom stereocenters. The average molecular weight is 463 g/mol. The number of imide groups is 1. The van der Waals surface area contributed by atoms with Gasteiger partial charge in [-0.3, -0.25) is 9.59 Å². The zero-order valence-electron chi connectivity index (χ0n) is 17.9. The summed E-state index contributed by atoms with van der Waals surface area (Å²) in [5, 5.41) is 3.88. The molecular weight excluding hydrogens is 440 g/mol. The Bertz CT molecular complexity index is 1190. The van der Waals surface area contributed by atoms with E-state index in [-0.39, 0.29) is 17.5 Å². The summed E-state index contributed by atoms with van der Waals surface area (Å²) in [4.78, 5) is 29.4. The number of carbonyl (C=O) groups excluding carboxylic acids is 2. The molecule has 0 aromatic heterocycles. The summed E-state index contributed by atoms with van der Waals surface area (Å²) in [5.74, 6) is -0.697. The standard InChI is InChI=1S/C26H23ClN2O2S/c1-3-17-9-13-20(14-10-17)29-25(30)23(28-22-8-6-5-7-18(22)4-2)24(26(29)31)32-21-15-11-19(27)12-16-21/h5-16,28H,3-4H2,1-2H3. The monoisotopic (exact) mass is 462 g/mol. The lowest BCUT2D eigenvalue weighted by atomic mass is 10.1. The third kappa shape index (κ3) is 4.45. The number of hydrogen-bond donors (Lipinski definition) is 1. The molecule has 3 aromatic carbocycles. The second kappa shape index (κ2) is 9.63. The van der Waals surface area contributed by atoms with Gasteiger partial charge < -0.3 is 5.32 Å². The van der Waals surface area contributed by atoms with Crippen LogP contribution in [-0.2, 0) is 22.4 Å². The Balaban J connectivity index is 1.74. The lowest BCUT2D eigenvalue weighted by Gasteiger charge is -2.16. The molecule has 0 radical (unpaired) electrons. The topological polar surface area (TPSA) is 49.4 Å². The minimum absolute atomic E-state index is 0.287. The van der Waals surface area contributed by atoms with Crippen molar-refractivity contribution in [2.75, 3.05) is 10.2 Å². The van der Waals surface area contributed by atoms with Crippen molar-refractivity contribution in [1.29, 1.82) is 0 Å². The Morgan fingerprint density at radius 1 is 0.844 bits per heavy atom. The predicted molar refractivity (Wildman–Crippen MR) is 132 cm³/mol. The molecule has 4 nitrogen and oxygen atoms in total. The Labute approximate surface area is 197 Å². The molecule has 1 N–H and O–H groups in total. The molecule has 6 heteroatoms. The molecule has 1 heterocycles. The van der Waals surface area contributed by atoms with Crippen LogP contribution in [0.1, 0.15) is 25.0 Å². The van der Waals surface area contributed by atoms with E-state index in [4.69, 9.17) is 11.6 Å². The van der Waals surface area contributed by atoms with Crippen LogP contribution in [0.25, 0.3) is 0 Å². The second-order valence-corrected chi connectivity index (χ2v) is 8.88. The summed E-state index contributed by atoms with van der Waals surface area (Å²) >= 11 is 7.28. The fourth-order valence-corrected chi connectivity index (χ4v) is 4.59. The number of para-hydroxylation sites is 1. The van der Waals surface area contributed by atoms with Crippen molar-refractivity contribution in [3.8, 4) is 0 Å². The van der Waals surface area contributed by atoms with Gasteiger partial charge in [0.2, 0.25) is 0 Å². The molecule has 4 rings (SSSR count). The molecule has 0 saturated carbocycles. The van der Waals surface area contributed by atoms with Crippen LogP contribution >= 0.6 is 23.4 Å². The van der Waals surface area contributed by atoms with Gasteiger partial charge in [0.1, 0.15) is 10.6 Å². The van der Waals surface area contributed by atoms with Crippen LogP contribution in [-0.4, -0.2) is 11.8 Å². The van der Waals surface area contributed by atoms with Gasteiger partial charge in [0.05, 0.1) is 5.69 Å². The van der Waals surface area contributed by atoms with E-state index in [2.05, 4.69) is 19.2 Å². The van der Waals surface area contributed by atoms with Crippen molar-refractivity contribution in [1.82, 2.24) is 0 Å². The van der Waals surface area contributed by atoms with Crippen LogP contribution in [0.4, 0.5) is 11.4 Å². The molecule has 0 saturated heterocycles. The van der Waals surface area contributed by atoms with Gasteiger partial charge in [-0.1, -0.05) is 67.5 Å². The Hall–Kier alpha value is -3.02. The highest BCUT2D eigenvalue weighted by molar-refractivity contribution is 8.04. The van der Waals surface area contributed by atoms with Crippen LogP contribution in [0, 0.1) is 0 Å². The smallest absolute Gasteiger partial charge is 0.283 e. The predicted octanol–water partition coefficient (Wildman–Crippen LogP) is 6.45. The summed E-state index contributed by atoms with van der Waals surface area (Å²) in [6.07, 6.45) is 1.69. The van der Waals surface area contributed by atoms with E-state index in [1.165, 1.54) is 16.7 Å². The number of rotatable bonds is 7. The average Bonchev–Trinajstić information content (AvgIpc) is 3.05. The maximum atomic E-state index is 13.5. The third-order valence-corrected chi connectivity index (χ3v) is 6.68. The van der Waals surface area contributed by atoms with E-state index in [9.17, 15) is 9.59 Å². The molecule has 0 fully saturated rings. The van der Waals surface area contributed by atoms with Gasteiger partial charge in [0.25, 0.3) is 11.8 Å². The zero-order chi connectivity index (χ0) is 22.7. The highest BCUT2D eigenvalue weighted by Crippen LogP contribution is 2.38. The molecule has 1 aliphatic heterocycles. The fraction of sp³-hybridized carbons (Fsp3) is 0.154. The minimum Gasteiger partial charge on any atom is -0.350 e. The molecule has 32 heavy (non-hydrogen) atoms. The molecule has 0 spiro atoms. The SMILES string of the molecule is CCc1ccc(N2C(=O)C(Nc3ccccc3CC)=C(Sc3ccc(Cl)cc3)C2=O)cc1. The van der Waals surface area contributed by atoms with Gasteiger partial charge in [0, 0.05) is 15.6 Å². The van der Waals surface area contributed by atoms with Gasteiger partial charge in [-0.05, 0) is 66.4 Å². The quantitative estimate of drug-likeness (QED) is 0.409. The number of carbonyl (C=O) groups is 2. The number of benzene rings is 3. The first kappa shape index (κ1) is 22.2. The first-order chi connectivity index (χ1) is 15.5. The maximum Gasteiger partial charge on any atom is 0.283 e. The van der Waals surface area contributed by atoms with E-state index in [0.29, 0.717) is 15.6 Å². The number of amides is 2. The lowest BCUT2D eigenvalue weighted by molar-refractivity contribution is -0.120. The van der Waals surface area contributed by atoms with Crippen molar-refractivity contribution in [3.63, 3.8) is 0 Å². The Kier molecular flexibility index (Phi) is 6.68. The zero-order valence-corrected chi connectivity index (χ0v) is 19.5. The van der Waals surface area contributed by atoms with Gasteiger partial charge in [-0.25, -0.2) is 4.90 Å². The van der Waals surface area contributed by atoms with E-state index in [1.807, 2.05) is 60.7 Å². The number of halogens is 1. The highest BCUT2D eigenvalue weighted by atomic mass is 35.5. The molecule has 0 unspecified atom stereocenters. The number of nitrogens with one attached hydrogen (secondary N) is 1. The van der Waals surface area contributed by atoms with Crippen LogP contribution < -0.4 is 10.2 Å². The number of hydrogen-bond acceptors (Lipinski definition) is 4. The summed E-state index contributed by atoms with van der Waals surface area (Å²) in [5.41, 5.74) is 3.89. The maximum absolute atomic E-state index is 13.5. The molecule has 0 bridgehead atoms. The molecular formula is C26H23ClN2O2S. The van der Waals surface area contributed by atoms with Crippen molar-refractivity contribution in [2.24, 2.45) is 0 Å². The van der Waals surface area contributed by atoms with Gasteiger partial charge >= 0.3 is 0 Å². The lowest BCUT2D eigenvalue weighted by Crippen LogP contribution is -2.32. The van der Waals surface area contributed by atoms with Crippen molar-refractivity contribution in [2.45, 2.75) is 31.6 Å². The van der Waals surface area contributed by atoms with E-state index in [0.717, 1.165) is 34.6 Å². The largest absolute Gasteiger partial charge is 0.350 e. The number of aryl methyl sites for hydroxylation is 2. The number of nitrogens with zero attached hydrogens (tertiary/aromatic N) is 1. The first-order valence-corrected chi connectivity index (χ1v) is 11.7. The summed E-state index contributed by atoms with van der Waals surface area (Å²) < 4.78 is 0. The molecule has 2 amide bonds. The van der Waals surface area contributed by atoms with E-state index in [1.54, 1.807) is 12.1 Å². The van der Waals surface area contributed by atoms with Crippen LogP contribution in [0.15, 0.2) is 88.3 Å². The summed E-state index contributed by atoms with van der Waals surface area (Å²) in [6, 6.07) is 22.6. The van der Waals surface area contributed by atoms with Crippen molar-refractivity contribution >= 4 is 46.6 Å². The van der Waals surface area contributed by atoms with Crippen molar-refractivity contribution < 1.29 is 9.59 Å². The van der Waals surface area contributed by atoms with Crippen molar-refractivity contribution in [3.05, 3.63) is 99.5 Å². The normalized spacial score (nSPS) is 13.8. The van der Waals surface area contributed by atoms with Crippen LogP contribution in [0.2, 0.25) is 5.02 Å². The number of thioether (sulfide) groups is 1. The molecule has 3 aromatic rings. The number of anilines is 2. The van der Waals surface area contributed by atoms with E-state index < -0.39 is 0 Å². The second-order valence-electron chi connectivity index (χ2n) is 7.36. The van der Waals surface area contributed by atoms with Gasteiger partial charge in [0.15, 0.2) is 0 Å². The Morgan fingerprint density at radius 2 is 1.53 bits per heavy atom. The van der Waals surface area contributed by atoms with Gasteiger partial charge in [-0.15, -0.1) is 0 Å². The van der Waals surface area contributed by atoms with Crippen LogP contribution in [0.5, 0.6) is 0 Å². The molecule has 0 aliphatic carbocycles. The Morgan fingerprint density at radius 3 is 2.19 bits per heavy atom. The van der Waals surface area contributed by atoms with Gasteiger partial charge in [-0.2, -0.15) is 0 Å². The summed E-state index contributed by atoms with van der Waals surface area (Å²) in [6.45, 7) is 4.12. The first-order valence-electron chi connectivity index (χ1n) is 10.5. The van der Waals surface area contributed by atoms with E-state index >= 15 is 0 Å². The summed E-state index contributed by atoms with van der Waals surface area (Å²) in [7, 11) is 0.